The molecule has 41 heavy (non-hydrogen) atoms. The summed E-state index contributed by atoms with van der Waals surface area (Å²) >= 11 is 1.70. The fourth-order valence-corrected chi connectivity index (χ4v) is 7.08. The van der Waals surface area contributed by atoms with E-state index in [1.54, 1.807) is 17.4 Å². The number of aryl methyl sites for hydroxylation is 1. The van der Waals surface area contributed by atoms with E-state index in [1.165, 1.54) is 35.3 Å². The number of carbonyl (C=O) groups excluding carboxylic acids is 1. The number of rotatable bonds is 7. The van der Waals surface area contributed by atoms with Crippen LogP contribution in [0.1, 0.15) is 54.8 Å². The van der Waals surface area contributed by atoms with E-state index in [9.17, 15) is 14.7 Å². The van der Waals surface area contributed by atoms with Crippen molar-refractivity contribution < 1.29 is 19.4 Å². The van der Waals surface area contributed by atoms with E-state index in [0.29, 0.717) is 32.2 Å². The number of ether oxygens (including phenoxy) is 1. The van der Waals surface area contributed by atoms with Gasteiger partial charge in [0.1, 0.15) is 6.54 Å². The first-order valence-electron chi connectivity index (χ1n) is 14.4. The number of thiophene rings is 1. The molecule has 4 aromatic rings. The Bertz CT molecular complexity index is 1610. The van der Waals surface area contributed by atoms with Gasteiger partial charge in [-0.25, -0.2) is 9.78 Å². The van der Waals surface area contributed by atoms with E-state index in [-0.39, 0.29) is 12.5 Å². The van der Waals surface area contributed by atoms with Crippen LogP contribution in [-0.2, 0) is 20.9 Å². The van der Waals surface area contributed by atoms with E-state index in [4.69, 9.17) is 9.72 Å². The number of benzene rings is 1. The van der Waals surface area contributed by atoms with Crippen molar-refractivity contribution in [2.45, 2.75) is 51.5 Å². The third kappa shape index (κ3) is 5.85. The monoisotopic (exact) mass is 569 g/mol. The van der Waals surface area contributed by atoms with Crippen molar-refractivity contribution in [3.63, 3.8) is 0 Å². The van der Waals surface area contributed by atoms with Crippen molar-refractivity contribution in [2.75, 3.05) is 26.3 Å². The number of aromatic nitrogens is 2. The molecular formula is C33H35N3O4S. The first-order chi connectivity index (χ1) is 20.0. The lowest BCUT2D eigenvalue weighted by molar-refractivity contribution is -0.136. The van der Waals surface area contributed by atoms with E-state index < -0.39 is 5.97 Å². The fourth-order valence-electron chi connectivity index (χ4n) is 6.19. The molecule has 0 unspecified atom stereocenters. The minimum absolute atomic E-state index is 0.0173. The topological polar surface area (TPSA) is 84.7 Å². The quantitative estimate of drug-likeness (QED) is 0.249. The lowest BCUT2D eigenvalue weighted by Gasteiger charge is -2.28. The molecular weight excluding hydrogens is 534 g/mol. The average Bonchev–Trinajstić information content (AvgIpc) is 3.59. The van der Waals surface area contributed by atoms with Crippen molar-refractivity contribution >= 4 is 40.2 Å². The second-order valence-corrected chi connectivity index (χ2v) is 11.9. The number of hydrogen-bond acceptors (Lipinski definition) is 5. The van der Waals surface area contributed by atoms with Crippen LogP contribution in [0.4, 0.5) is 0 Å². The molecule has 1 aromatic carbocycles. The summed E-state index contributed by atoms with van der Waals surface area (Å²) in [5.74, 6) is -0.621. The summed E-state index contributed by atoms with van der Waals surface area (Å²) in [6.07, 6.45) is 8.57. The Morgan fingerprint density at radius 3 is 2.61 bits per heavy atom. The number of morpholine rings is 1. The Morgan fingerprint density at radius 2 is 1.88 bits per heavy atom. The smallest absolute Gasteiger partial charge is 0.328 e. The zero-order chi connectivity index (χ0) is 28.3. The molecule has 1 saturated carbocycles. The van der Waals surface area contributed by atoms with Gasteiger partial charge >= 0.3 is 5.97 Å². The van der Waals surface area contributed by atoms with Gasteiger partial charge in [-0.05, 0) is 84.2 Å². The minimum atomic E-state index is -1.01. The van der Waals surface area contributed by atoms with E-state index in [2.05, 4.69) is 54.8 Å². The number of carboxylic acids is 1. The third-order valence-electron chi connectivity index (χ3n) is 8.31. The summed E-state index contributed by atoms with van der Waals surface area (Å²) in [6, 6.07) is 14.8. The molecule has 1 aliphatic carbocycles. The number of aliphatic carboxylic acids is 1. The van der Waals surface area contributed by atoms with Gasteiger partial charge in [0.15, 0.2) is 0 Å². The van der Waals surface area contributed by atoms with Gasteiger partial charge in [-0.2, -0.15) is 0 Å². The van der Waals surface area contributed by atoms with Gasteiger partial charge in [-0.15, -0.1) is 11.3 Å². The van der Waals surface area contributed by atoms with Gasteiger partial charge < -0.3 is 19.3 Å². The van der Waals surface area contributed by atoms with Crippen LogP contribution < -0.4 is 0 Å². The summed E-state index contributed by atoms with van der Waals surface area (Å²) in [5.41, 5.74) is 7.08. The van der Waals surface area contributed by atoms with Crippen molar-refractivity contribution in [3.05, 3.63) is 70.7 Å². The lowest BCUT2D eigenvalue weighted by Crippen LogP contribution is -2.42. The van der Waals surface area contributed by atoms with Crippen LogP contribution in [0.5, 0.6) is 0 Å². The minimum Gasteiger partial charge on any atom is -0.478 e. The van der Waals surface area contributed by atoms with Crippen LogP contribution in [0.25, 0.3) is 38.8 Å². The Balaban J connectivity index is 1.47. The molecule has 0 bridgehead atoms. The molecule has 4 heterocycles. The maximum absolute atomic E-state index is 13.5. The Kier molecular flexibility index (Phi) is 8.03. The maximum atomic E-state index is 13.5. The normalized spacial score (nSPS) is 16.6. The zero-order valence-electron chi connectivity index (χ0n) is 23.3. The van der Waals surface area contributed by atoms with E-state index in [0.717, 1.165) is 52.5 Å². The summed E-state index contributed by atoms with van der Waals surface area (Å²) in [5, 5.41) is 12.6. The van der Waals surface area contributed by atoms with E-state index >= 15 is 0 Å². The van der Waals surface area contributed by atoms with Gasteiger partial charge in [-0.3, -0.25) is 4.79 Å². The van der Waals surface area contributed by atoms with Gasteiger partial charge in [0.25, 0.3) is 0 Å². The largest absolute Gasteiger partial charge is 0.478 e. The predicted molar refractivity (Wildman–Crippen MR) is 163 cm³/mol. The third-order valence-corrected chi connectivity index (χ3v) is 9.35. The van der Waals surface area contributed by atoms with Crippen molar-refractivity contribution in [3.8, 4) is 21.8 Å². The molecule has 1 N–H and O–H groups in total. The first kappa shape index (κ1) is 27.4. The lowest BCUT2D eigenvalue weighted by atomic mass is 9.83. The number of nitrogens with zero attached hydrogens (tertiary/aromatic N) is 3. The Morgan fingerprint density at radius 1 is 1.07 bits per heavy atom. The number of hydrogen-bond donors (Lipinski definition) is 1. The number of amides is 1. The molecule has 1 saturated heterocycles. The zero-order valence-corrected chi connectivity index (χ0v) is 24.2. The van der Waals surface area contributed by atoms with Crippen molar-refractivity contribution in [1.82, 2.24) is 14.5 Å². The molecule has 0 atom stereocenters. The van der Waals surface area contributed by atoms with Crippen LogP contribution >= 0.6 is 11.3 Å². The maximum Gasteiger partial charge on any atom is 0.328 e. The molecule has 1 aliphatic heterocycles. The molecule has 0 spiro atoms. The highest BCUT2D eigenvalue weighted by Gasteiger charge is 2.27. The number of pyridine rings is 1. The second-order valence-electron chi connectivity index (χ2n) is 11.0. The van der Waals surface area contributed by atoms with Gasteiger partial charge in [0, 0.05) is 30.2 Å². The summed E-state index contributed by atoms with van der Waals surface area (Å²) < 4.78 is 7.49. The number of fused-ring (bicyclic) bond motifs is 1. The highest BCUT2D eigenvalue weighted by molar-refractivity contribution is 7.13. The predicted octanol–water partition coefficient (Wildman–Crippen LogP) is 6.74. The molecule has 8 heteroatoms. The first-order valence-corrected chi connectivity index (χ1v) is 15.3. The number of carbonyl (C=O) groups is 2. The standard InChI is InChI=1S/C33H35N3O4S/c1-22-13-18-41-33(22)29-11-7-24-19-25(8-10-28(24)34-29)32-27(23-5-3-2-4-6-23)20-26(9-12-31(38)39)36(32)21-30(37)35-14-16-40-17-15-35/h7-13,18-20,23H,2-6,14-17,21H2,1H3,(H,38,39)/b12-9+. The Labute approximate surface area is 244 Å². The van der Waals surface area contributed by atoms with Crippen molar-refractivity contribution in [2.24, 2.45) is 0 Å². The molecule has 7 nitrogen and oxygen atoms in total. The molecule has 6 rings (SSSR count). The van der Waals surface area contributed by atoms with E-state index in [1.807, 2.05) is 9.47 Å². The SMILES string of the molecule is Cc1ccsc1-c1ccc2cc(-c3c(C4CCCCC4)cc(/C=C/C(=O)O)n3CC(=O)N3CCOCC3)ccc2n1. The van der Waals surface area contributed by atoms with Gasteiger partial charge in [-0.1, -0.05) is 31.4 Å². The molecule has 2 aliphatic rings. The van der Waals surface area contributed by atoms with Crippen LogP contribution in [0.2, 0.25) is 0 Å². The summed E-state index contributed by atoms with van der Waals surface area (Å²) in [6.45, 7) is 4.46. The molecule has 1 amide bonds. The summed E-state index contributed by atoms with van der Waals surface area (Å²) in [7, 11) is 0. The van der Waals surface area contributed by atoms with Crippen LogP contribution in [-0.4, -0.2) is 57.7 Å². The summed E-state index contributed by atoms with van der Waals surface area (Å²) in [4.78, 5) is 33.0. The number of carboxylic acid groups (broad SMARTS) is 1. The van der Waals surface area contributed by atoms with Crippen molar-refractivity contribution in [1.29, 1.82) is 0 Å². The molecule has 3 aromatic heterocycles. The van der Waals surface area contributed by atoms with Gasteiger partial charge in [0.05, 0.1) is 35.0 Å². The highest BCUT2D eigenvalue weighted by atomic mass is 32.1. The molecule has 2 fully saturated rings. The van der Waals surface area contributed by atoms with Crippen LogP contribution in [0.15, 0.2) is 53.9 Å². The van der Waals surface area contributed by atoms with Crippen LogP contribution in [0, 0.1) is 6.92 Å². The highest BCUT2D eigenvalue weighted by Crippen LogP contribution is 2.41. The van der Waals surface area contributed by atoms with Gasteiger partial charge in [0.2, 0.25) is 5.91 Å². The molecule has 0 radical (unpaired) electrons. The Hall–Kier alpha value is -3.75. The fraction of sp³-hybridized carbons (Fsp3) is 0.364. The van der Waals surface area contributed by atoms with Crippen LogP contribution in [0.3, 0.4) is 0 Å². The average molecular weight is 570 g/mol. The molecule has 212 valence electrons. The second kappa shape index (κ2) is 12.0.